The number of aromatic nitrogens is 2. The number of aliphatic hydroxyl groups is 1. The molecule has 18 heavy (non-hydrogen) atoms. The molecular weight excluding hydrogens is 232 g/mol. The van der Waals surface area contributed by atoms with Gasteiger partial charge in [0.05, 0.1) is 24.0 Å². The summed E-state index contributed by atoms with van der Waals surface area (Å²) in [6.45, 7) is 2.49. The Bertz CT molecular complexity index is 430. The van der Waals surface area contributed by atoms with Gasteiger partial charge in [-0.25, -0.2) is 0 Å². The molecule has 0 aliphatic heterocycles. The van der Waals surface area contributed by atoms with Gasteiger partial charge < -0.3 is 16.2 Å². The summed E-state index contributed by atoms with van der Waals surface area (Å²) < 4.78 is 1.57. The minimum Gasteiger partial charge on any atom is -0.396 e. The smallest absolute Gasteiger partial charge is 0.272 e. The molecule has 1 saturated carbocycles. The van der Waals surface area contributed by atoms with Crippen LogP contribution in [0.4, 0.5) is 5.69 Å². The Kier molecular flexibility index (Phi) is 3.86. The van der Waals surface area contributed by atoms with Crippen molar-refractivity contribution < 1.29 is 9.90 Å². The van der Waals surface area contributed by atoms with E-state index in [0.29, 0.717) is 17.9 Å². The predicted octanol–water partition coefficient (Wildman–Crippen LogP) is 0.518. The highest BCUT2D eigenvalue weighted by Gasteiger charge is 2.26. The molecule has 1 aromatic rings. The number of aliphatic hydroxyl groups excluding tert-OH is 1. The molecule has 0 bridgehead atoms. The van der Waals surface area contributed by atoms with Gasteiger partial charge >= 0.3 is 0 Å². The van der Waals surface area contributed by atoms with Crippen LogP contribution in [0.2, 0.25) is 0 Å². The molecule has 1 fully saturated rings. The van der Waals surface area contributed by atoms with Crippen LogP contribution in [0.3, 0.4) is 0 Å². The predicted molar refractivity (Wildman–Crippen MR) is 68.0 cm³/mol. The quantitative estimate of drug-likeness (QED) is 0.731. The molecule has 0 aromatic carbocycles. The summed E-state index contributed by atoms with van der Waals surface area (Å²) in [6, 6.07) is -0.175. The van der Waals surface area contributed by atoms with Gasteiger partial charge in [0.1, 0.15) is 5.69 Å². The van der Waals surface area contributed by atoms with Crippen molar-refractivity contribution in [3.63, 3.8) is 0 Å². The van der Waals surface area contributed by atoms with E-state index in [0.717, 1.165) is 25.7 Å². The molecule has 1 heterocycles. The van der Waals surface area contributed by atoms with E-state index in [2.05, 4.69) is 10.4 Å². The van der Waals surface area contributed by atoms with Gasteiger partial charge in [-0.2, -0.15) is 5.10 Å². The number of rotatable bonds is 3. The van der Waals surface area contributed by atoms with E-state index >= 15 is 0 Å². The fraction of sp³-hybridized carbons (Fsp3) is 0.667. The third-order valence-corrected chi connectivity index (χ3v) is 3.43. The molecule has 0 radical (unpaired) electrons. The Morgan fingerprint density at radius 2 is 2.33 bits per heavy atom. The van der Waals surface area contributed by atoms with Crippen LogP contribution in [-0.4, -0.2) is 32.9 Å². The lowest BCUT2D eigenvalue weighted by molar-refractivity contribution is 0.0710. The molecule has 1 aliphatic rings. The highest BCUT2D eigenvalue weighted by Crippen LogP contribution is 2.19. The summed E-state index contributed by atoms with van der Waals surface area (Å²) >= 11 is 0. The maximum Gasteiger partial charge on any atom is 0.272 e. The van der Waals surface area contributed by atoms with Crippen LogP contribution in [-0.2, 0) is 6.54 Å². The fourth-order valence-corrected chi connectivity index (χ4v) is 2.40. The zero-order valence-corrected chi connectivity index (χ0v) is 10.6. The van der Waals surface area contributed by atoms with Crippen molar-refractivity contribution in [2.24, 2.45) is 0 Å². The molecule has 0 saturated heterocycles. The molecule has 2 atom stereocenters. The van der Waals surface area contributed by atoms with Gasteiger partial charge in [-0.05, 0) is 19.8 Å². The summed E-state index contributed by atoms with van der Waals surface area (Å²) in [7, 11) is 0. The van der Waals surface area contributed by atoms with Gasteiger partial charge in [0, 0.05) is 6.54 Å². The van der Waals surface area contributed by atoms with Crippen LogP contribution in [0.15, 0.2) is 6.20 Å². The Morgan fingerprint density at radius 3 is 3.00 bits per heavy atom. The third-order valence-electron chi connectivity index (χ3n) is 3.43. The molecule has 100 valence electrons. The second-order valence-electron chi connectivity index (χ2n) is 4.70. The Balaban J connectivity index is 2.09. The monoisotopic (exact) mass is 252 g/mol. The molecule has 0 spiro atoms. The van der Waals surface area contributed by atoms with Gasteiger partial charge in [0.25, 0.3) is 5.91 Å². The van der Waals surface area contributed by atoms with Crippen molar-refractivity contribution in [3.8, 4) is 0 Å². The second-order valence-corrected chi connectivity index (χ2v) is 4.70. The van der Waals surface area contributed by atoms with Crippen LogP contribution in [0.1, 0.15) is 43.1 Å². The summed E-state index contributed by atoms with van der Waals surface area (Å²) in [5.41, 5.74) is 6.51. The van der Waals surface area contributed by atoms with Crippen LogP contribution in [0, 0.1) is 0 Å². The first kappa shape index (κ1) is 12.9. The largest absolute Gasteiger partial charge is 0.396 e. The van der Waals surface area contributed by atoms with E-state index in [9.17, 15) is 9.90 Å². The summed E-state index contributed by atoms with van der Waals surface area (Å²) in [5.74, 6) is -0.252. The molecular formula is C12H20N4O2. The van der Waals surface area contributed by atoms with Gasteiger partial charge in [-0.3, -0.25) is 9.48 Å². The minimum absolute atomic E-state index is 0.175. The molecule has 2 rings (SSSR count). The standard InChI is InChI=1S/C12H20N4O2/c1-2-16-11(8(13)7-14-16)12(18)15-9-5-3-4-6-10(9)17/h7,9-10,17H,2-6,13H2,1H3,(H,15,18). The lowest BCUT2D eigenvalue weighted by Crippen LogP contribution is -2.45. The molecule has 6 nitrogen and oxygen atoms in total. The van der Waals surface area contributed by atoms with Crippen LogP contribution < -0.4 is 11.1 Å². The first-order valence-corrected chi connectivity index (χ1v) is 6.43. The van der Waals surface area contributed by atoms with Gasteiger partial charge in [-0.1, -0.05) is 12.8 Å². The number of nitrogens with zero attached hydrogens (tertiary/aromatic N) is 2. The lowest BCUT2D eigenvalue weighted by Gasteiger charge is -2.28. The summed E-state index contributed by atoms with van der Waals surface area (Å²) in [6.07, 6.45) is 4.63. The summed E-state index contributed by atoms with van der Waals surface area (Å²) in [5, 5.41) is 16.7. The maximum atomic E-state index is 12.2. The van der Waals surface area contributed by atoms with E-state index < -0.39 is 6.10 Å². The Morgan fingerprint density at radius 1 is 1.61 bits per heavy atom. The van der Waals surface area contributed by atoms with Crippen LogP contribution >= 0.6 is 0 Å². The fourth-order valence-electron chi connectivity index (χ4n) is 2.40. The zero-order chi connectivity index (χ0) is 13.1. The second kappa shape index (κ2) is 5.39. The van der Waals surface area contributed by atoms with E-state index in [1.54, 1.807) is 4.68 Å². The number of amides is 1. The molecule has 2 unspecified atom stereocenters. The van der Waals surface area contributed by atoms with Crippen molar-refractivity contribution in [2.75, 3.05) is 5.73 Å². The van der Waals surface area contributed by atoms with E-state index in [1.165, 1.54) is 6.20 Å². The number of hydrogen-bond acceptors (Lipinski definition) is 4. The average molecular weight is 252 g/mol. The van der Waals surface area contributed by atoms with E-state index in [4.69, 9.17) is 5.73 Å². The topological polar surface area (TPSA) is 93.2 Å². The number of aryl methyl sites for hydroxylation is 1. The molecule has 1 amide bonds. The zero-order valence-electron chi connectivity index (χ0n) is 10.6. The molecule has 1 aliphatic carbocycles. The van der Waals surface area contributed by atoms with Crippen molar-refractivity contribution in [1.29, 1.82) is 0 Å². The van der Waals surface area contributed by atoms with Gasteiger partial charge in [0.2, 0.25) is 0 Å². The van der Waals surface area contributed by atoms with Crippen molar-refractivity contribution in [3.05, 3.63) is 11.9 Å². The highest BCUT2D eigenvalue weighted by molar-refractivity contribution is 5.97. The number of nitrogens with two attached hydrogens (primary N) is 1. The molecule has 1 aromatic heterocycles. The third kappa shape index (κ3) is 2.48. The van der Waals surface area contributed by atoms with Gasteiger partial charge in [-0.15, -0.1) is 0 Å². The number of anilines is 1. The number of nitrogen functional groups attached to an aromatic ring is 1. The first-order chi connectivity index (χ1) is 8.63. The van der Waals surface area contributed by atoms with E-state index in [-0.39, 0.29) is 11.9 Å². The van der Waals surface area contributed by atoms with Crippen molar-refractivity contribution in [1.82, 2.24) is 15.1 Å². The normalized spacial score (nSPS) is 23.9. The lowest BCUT2D eigenvalue weighted by atomic mass is 9.92. The number of hydrogen-bond donors (Lipinski definition) is 3. The maximum absolute atomic E-state index is 12.2. The Hall–Kier alpha value is -1.56. The summed E-state index contributed by atoms with van der Waals surface area (Å²) in [4.78, 5) is 12.2. The Labute approximate surface area is 106 Å². The average Bonchev–Trinajstić information content (AvgIpc) is 2.73. The number of carbonyl (C=O) groups excluding carboxylic acids is 1. The van der Waals surface area contributed by atoms with Crippen LogP contribution in [0.25, 0.3) is 0 Å². The van der Waals surface area contributed by atoms with E-state index in [1.807, 2.05) is 6.92 Å². The molecule has 4 N–H and O–H groups in total. The first-order valence-electron chi connectivity index (χ1n) is 6.43. The SMILES string of the molecule is CCn1ncc(N)c1C(=O)NC1CCCCC1O. The van der Waals surface area contributed by atoms with Crippen molar-refractivity contribution >= 4 is 11.6 Å². The van der Waals surface area contributed by atoms with Gasteiger partial charge in [0.15, 0.2) is 0 Å². The van der Waals surface area contributed by atoms with Crippen LogP contribution in [0.5, 0.6) is 0 Å². The number of nitrogens with one attached hydrogen (secondary N) is 1. The minimum atomic E-state index is -0.457. The molecule has 6 heteroatoms. The number of carbonyl (C=O) groups is 1. The van der Waals surface area contributed by atoms with Crippen molar-refractivity contribution in [2.45, 2.75) is 51.3 Å². The highest BCUT2D eigenvalue weighted by atomic mass is 16.3.